The van der Waals surface area contributed by atoms with Crippen LogP contribution in [0, 0.1) is 0 Å². The van der Waals surface area contributed by atoms with E-state index < -0.39 is 0 Å². The van der Waals surface area contributed by atoms with Gasteiger partial charge in [-0.2, -0.15) is 0 Å². The highest BCUT2D eigenvalue weighted by Crippen LogP contribution is 2.59. The van der Waals surface area contributed by atoms with E-state index >= 15 is 0 Å². The third kappa shape index (κ3) is 4.62. The van der Waals surface area contributed by atoms with Crippen LogP contribution in [0.25, 0.3) is 44.2 Å². The zero-order valence-corrected chi connectivity index (χ0v) is 32.3. The lowest BCUT2D eigenvalue weighted by Gasteiger charge is -2.33. The van der Waals surface area contributed by atoms with Crippen molar-refractivity contribution in [2.75, 3.05) is 4.90 Å². The van der Waals surface area contributed by atoms with E-state index in [9.17, 15) is 0 Å². The molecule has 0 atom stereocenters. The summed E-state index contributed by atoms with van der Waals surface area (Å²) in [5, 5.41) is 2.28. The Balaban J connectivity index is 1.41. The second-order valence-electron chi connectivity index (χ2n) is 18.3. The topological polar surface area (TPSA) is 16.4 Å². The summed E-state index contributed by atoms with van der Waals surface area (Å²) in [5.74, 6) is 0. The van der Waals surface area contributed by atoms with Gasteiger partial charge in [0.2, 0.25) is 0 Å². The van der Waals surface area contributed by atoms with Gasteiger partial charge in [0.25, 0.3) is 0 Å². The van der Waals surface area contributed by atoms with Crippen molar-refractivity contribution >= 4 is 39.0 Å². The number of rotatable bonds is 3. The fraction of sp³-hybridized carbons (Fsp3) is 0.280. The molecule has 0 saturated heterocycles. The maximum atomic E-state index is 6.58. The van der Waals surface area contributed by atoms with Crippen molar-refractivity contribution in [3.63, 3.8) is 0 Å². The lowest BCUT2D eigenvalue weighted by Crippen LogP contribution is -2.20. The molecule has 0 fully saturated rings. The van der Waals surface area contributed by atoms with Gasteiger partial charge in [0.1, 0.15) is 11.2 Å². The summed E-state index contributed by atoms with van der Waals surface area (Å²) >= 11 is 0. The molecule has 0 bridgehead atoms. The van der Waals surface area contributed by atoms with Gasteiger partial charge in [-0.1, -0.05) is 148 Å². The molecule has 0 saturated carbocycles. The van der Waals surface area contributed by atoms with Crippen LogP contribution in [0.4, 0.5) is 17.1 Å². The Morgan fingerprint density at radius 2 is 1.08 bits per heavy atom. The molecule has 0 N–H and O–H groups in total. The van der Waals surface area contributed by atoms with Gasteiger partial charge in [-0.15, -0.1) is 0 Å². The van der Waals surface area contributed by atoms with E-state index in [0.29, 0.717) is 0 Å². The van der Waals surface area contributed by atoms with Gasteiger partial charge in [-0.25, -0.2) is 0 Å². The lowest BCUT2D eigenvalue weighted by atomic mass is 9.77. The predicted molar refractivity (Wildman–Crippen MR) is 221 cm³/mol. The van der Waals surface area contributed by atoms with Gasteiger partial charge in [-0.05, 0) is 85.7 Å². The molecule has 0 amide bonds. The van der Waals surface area contributed by atoms with E-state index in [4.69, 9.17) is 4.42 Å². The predicted octanol–water partition coefficient (Wildman–Crippen LogP) is 14.3. The Morgan fingerprint density at radius 1 is 0.462 bits per heavy atom. The Kier molecular flexibility index (Phi) is 6.77. The molecule has 2 heteroatoms. The van der Waals surface area contributed by atoms with Crippen molar-refractivity contribution in [3.8, 4) is 22.3 Å². The summed E-state index contributed by atoms with van der Waals surface area (Å²) in [7, 11) is 0. The minimum Gasteiger partial charge on any atom is -0.456 e. The number of hydrogen-bond donors (Lipinski definition) is 0. The van der Waals surface area contributed by atoms with Gasteiger partial charge >= 0.3 is 0 Å². The average Bonchev–Trinajstić information content (AvgIpc) is 3.67. The second-order valence-corrected chi connectivity index (χ2v) is 18.3. The Labute approximate surface area is 309 Å². The second kappa shape index (κ2) is 10.7. The molecule has 1 heterocycles. The minimum absolute atomic E-state index is 0.0537. The van der Waals surface area contributed by atoms with Crippen molar-refractivity contribution in [1.82, 2.24) is 0 Å². The Morgan fingerprint density at radius 3 is 1.85 bits per heavy atom. The average molecular weight is 680 g/mol. The highest BCUT2D eigenvalue weighted by Gasteiger charge is 2.42. The SMILES string of the molecule is CC(C)(C)c1ccc2c(c1)C(C)(C)c1cc(C(C)(C)C)cc(N(c3ccc4c(c3)oc3ccccc34)c3cccc4c3-c3ccccc3C4(C)C)c1-2. The highest BCUT2D eigenvalue weighted by atomic mass is 16.3. The number of fused-ring (bicyclic) bond motifs is 9. The smallest absolute Gasteiger partial charge is 0.137 e. The standard InChI is InChI=1S/C50H49NO/c1-47(2,3)30-22-24-36-39(26-30)50(9,10)40-27-31(48(4,5)6)28-42(46(36)40)51(32-23-25-34-33-16-12-14-21-43(33)52-44(34)29-32)41-20-15-19-38-45(41)35-17-11-13-18-37(35)49(38,7)8/h11-29H,1-10H3. The van der Waals surface area contributed by atoms with Crippen LogP contribution in [0.5, 0.6) is 0 Å². The molecule has 9 rings (SSSR count). The van der Waals surface area contributed by atoms with Crippen LogP contribution in [-0.4, -0.2) is 0 Å². The lowest BCUT2D eigenvalue weighted by molar-refractivity contribution is 0.580. The monoisotopic (exact) mass is 679 g/mol. The summed E-state index contributed by atoms with van der Waals surface area (Å²) in [5.41, 5.74) is 18.5. The summed E-state index contributed by atoms with van der Waals surface area (Å²) in [6.45, 7) is 23.6. The van der Waals surface area contributed by atoms with E-state index in [1.54, 1.807) is 0 Å². The molecule has 0 radical (unpaired) electrons. The molecule has 52 heavy (non-hydrogen) atoms. The molecule has 6 aromatic carbocycles. The molecule has 260 valence electrons. The Hall–Kier alpha value is -5.08. The summed E-state index contributed by atoms with van der Waals surface area (Å²) < 4.78 is 6.58. The van der Waals surface area contributed by atoms with Crippen LogP contribution in [0.1, 0.15) is 103 Å². The molecule has 1 aromatic heterocycles. The van der Waals surface area contributed by atoms with E-state index in [-0.39, 0.29) is 21.7 Å². The molecular weight excluding hydrogens is 631 g/mol. The van der Waals surface area contributed by atoms with Crippen molar-refractivity contribution < 1.29 is 4.42 Å². The van der Waals surface area contributed by atoms with E-state index in [0.717, 1.165) is 27.6 Å². The van der Waals surface area contributed by atoms with Crippen molar-refractivity contribution in [2.45, 2.75) is 90.9 Å². The van der Waals surface area contributed by atoms with Crippen LogP contribution in [0.3, 0.4) is 0 Å². The third-order valence-electron chi connectivity index (χ3n) is 12.2. The number of benzene rings is 6. The quantitative estimate of drug-likeness (QED) is 0.185. The van der Waals surface area contributed by atoms with Gasteiger partial charge in [0, 0.05) is 44.5 Å². The molecule has 0 unspecified atom stereocenters. The number of nitrogens with zero attached hydrogens (tertiary/aromatic N) is 1. The first-order valence-electron chi connectivity index (χ1n) is 18.9. The number of para-hydroxylation sites is 1. The fourth-order valence-electron chi connectivity index (χ4n) is 9.09. The molecule has 0 spiro atoms. The van der Waals surface area contributed by atoms with E-state index in [2.05, 4.69) is 189 Å². The molecule has 0 aliphatic heterocycles. The normalized spacial score (nSPS) is 15.4. The van der Waals surface area contributed by atoms with Gasteiger partial charge in [0.15, 0.2) is 0 Å². The van der Waals surface area contributed by atoms with Crippen LogP contribution in [0.2, 0.25) is 0 Å². The first-order valence-corrected chi connectivity index (χ1v) is 18.9. The first kappa shape index (κ1) is 32.8. The molecule has 2 aliphatic rings. The summed E-state index contributed by atoms with van der Waals surface area (Å²) in [6.07, 6.45) is 0. The summed E-state index contributed by atoms with van der Waals surface area (Å²) in [4.78, 5) is 2.56. The molecule has 7 aromatic rings. The van der Waals surface area contributed by atoms with Crippen molar-refractivity contribution in [3.05, 3.63) is 149 Å². The fourth-order valence-corrected chi connectivity index (χ4v) is 9.09. The van der Waals surface area contributed by atoms with Gasteiger partial charge in [-0.3, -0.25) is 0 Å². The highest BCUT2D eigenvalue weighted by molar-refractivity contribution is 6.07. The van der Waals surface area contributed by atoms with Crippen LogP contribution in [-0.2, 0) is 21.7 Å². The number of hydrogen-bond acceptors (Lipinski definition) is 2. The zero-order valence-electron chi connectivity index (χ0n) is 32.3. The Bertz CT molecular complexity index is 2600. The van der Waals surface area contributed by atoms with E-state index in [1.165, 1.54) is 67.0 Å². The summed E-state index contributed by atoms with van der Waals surface area (Å²) in [6, 6.07) is 43.4. The van der Waals surface area contributed by atoms with Crippen molar-refractivity contribution in [2.24, 2.45) is 0 Å². The maximum Gasteiger partial charge on any atom is 0.137 e. The van der Waals surface area contributed by atoms with E-state index in [1.807, 2.05) is 0 Å². The van der Waals surface area contributed by atoms with Crippen LogP contribution in [0.15, 0.2) is 120 Å². The third-order valence-corrected chi connectivity index (χ3v) is 12.2. The number of furan rings is 1. The largest absolute Gasteiger partial charge is 0.456 e. The maximum absolute atomic E-state index is 6.58. The first-order chi connectivity index (χ1) is 24.6. The molecular formula is C50H49NO. The van der Waals surface area contributed by atoms with Crippen LogP contribution >= 0.6 is 0 Å². The molecule has 2 nitrogen and oxygen atoms in total. The van der Waals surface area contributed by atoms with Crippen molar-refractivity contribution in [1.29, 1.82) is 0 Å². The number of anilines is 3. The minimum atomic E-state index is -0.177. The molecule has 2 aliphatic carbocycles. The van der Waals surface area contributed by atoms with Crippen LogP contribution < -0.4 is 4.90 Å². The zero-order chi connectivity index (χ0) is 36.5. The van der Waals surface area contributed by atoms with Gasteiger partial charge < -0.3 is 9.32 Å². The van der Waals surface area contributed by atoms with Gasteiger partial charge in [0.05, 0.1) is 11.4 Å².